The Kier molecular flexibility index (Phi) is 4.14. The van der Waals surface area contributed by atoms with Gasteiger partial charge < -0.3 is 4.90 Å². The van der Waals surface area contributed by atoms with Crippen LogP contribution in [0.25, 0.3) is 0 Å². The second-order valence-corrected chi connectivity index (χ2v) is 4.18. The van der Waals surface area contributed by atoms with E-state index in [2.05, 4.69) is 20.8 Å². The largest absolute Gasteiger partial charge is 0.373 e. The van der Waals surface area contributed by atoms with Gasteiger partial charge in [0.2, 0.25) is 0 Å². The lowest BCUT2D eigenvalue weighted by Gasteiger charge is -2.19. The molecular formula is C11H14BrNO. The van der Waals surface area contributed by atoms with Gasteiger partial charge in [-0.25, -0.2) is 0 Å². The second-order valence-electron chi connectivity index (χ2n) is 3.32. The number of hydrogen-bond donors (Lipinski definition) is 0. The number of carbonyl (C=O) groups excluding carboxylic acids is 1. The van der Waals surface area contributed by atoms with E-state index in [-0.39, 0.29) is 5.78 Å². The lowest BCUT2D eigenvalue weighted by Crippen LogP contribution is -2.20. The second kappa shape index (κ2) is 5.15. The zero-order chi connectivity index (χ0) is 10.6. The first-order valence-electron chi connectivity index (χ1n) is 4.56. The van der Waals surface area contributed by atoms with Crippen LogP contribution in [0.2, 0.25) is 0 Å². The van der Waals surface area contributed by atoms with E-state index < -0.39 is 0 Å². The van der Waals surface area contributed by atoms with Crippen molar-refractivity contribution in [2.75, 3.05) is 18.5 Å². The third kappa shape index (κ3) is 3.14. The van der Waals surface area contributed by atoms with Gasteiger partial charge in [-0.05, 0) is 35.0 Å². The van der Waals surface area contributed by atoms with Gasteiger partial charge in [-0.15, -0.1) is 0 Å². The van der Waals surface area contributed by atoms with Gasteiger partial charge in [0.25, 0.3) is 0 Å². The Morgan fingerprint density at radius 2 is 2.07 bits per heavy atom. The van der Waals surface area contributed by atoms with Crippen LogP contribution in [0, 0.1) is 0 Å². The highest BCUT2D eigenvalue weighted by Crippen LogP contribution is 2.24. The molecule has 0 bridgehead atoms. The number of carbonyl (C=O) groups is 1. The average molecular weight is 256 g/mol. The van der Waals surface area contributed by atoms with Gasteiger partial charge in [0, 0.05) is 24.5 Å². The molecule has 1 rings (SSSR count). The van der Waals surface area contributed by atoms with Crippen LogP contribution < -0.4 is 4.90 Å². The van der Waals surface area contributed by atoms with Crippen LogP contribution in [-0.2, 0) is 4.79 Å². The highest BCUT2D eigenvalue weighted by molar-refractivity contribution is 9.10. The number of para-hydroxylation sites is 1. The molecule has 2 nitrogen and oxygen atoms in total. The first kappa shape index (κ1) is 11.2. The highest BCUT2D eigenvalue weighted by atomic mass is 79.9. The summed E-state index contributed by atoms with van der Waals surface area (Å²) in [5.74, 6) is 0.226. The van der Waals surface area contributed by atoms with Crippen molar-refractivity contribution in [1.29, 1.82) is 0 Å². The van der Waals surface area contributed by atoms with Crippen LogP contribution in [0.5, 0.6) is 0 Å². The fourth-order valence-electron chi connectivity index (χ4n) is 1.21. The zero-order valence-corrected chi connectivity index (χ0v) is 10.0. The molecule has 76 valence electrons. The molecule has 0 atom stereocenters. The molecule has 0 amide bonds. The van der Waals surface area contributed by atoms with E-state index in [0.717, 1.165) is 16.7 Å². The molecule has 0 N–H and O–H groups in total. The minimum absolute atomic E-state index is 0.226. The molecule has 0 saturated carbocycles. The standard InChI is InChI=1S/C11H14BrNO/c1-9(14)7-8-13(2)11-6-4-3-5-10(11)12/h3-6H,7-8H2,1-2H3. The Hall–Kier alpha value is -0.830. The molecule has 0 saturated heterocycles. The molecule has 0 fully saturated rings. The Bertz CT molecular complexity index is 325. The molecule has 0 radical (unpaired) electrons. The summed E-state index contributed by atoms with van der Waals surface area (Å²) in [7, 11) is 1.99. The van der Waals surface area contributed by atoms with Gasteiger partial charge in [0.05, 0.1) is 5.69 Å². The lowest BCUT2D eigenvalue weighted by atomic mass is 10.2. The normalized spacial score (nSPS) is 9.93. The van der Waals surface area contributed by atoms with E-state index in [0.29, 0.717) is 6.42 Å². The van der Waals surface area contributed by atoms with Crippen molar-refractivity contribution in [2.24, 2.45) is 0 Å². The third-order valence-electron chi connectivity index (χ3n) is 2.06. The predicted molar refractivity (Wildman–Crippen MR) is 62.7 cm³/mol. The topological polar surface area (TPSA) is 20.3 Å². The SMILES string of the molecule is CC(=O)CCN(C)c1ccccc1Br. The van der Waals surface area contributed by atoms with Gasteiger partial charge in [-0.1, -0.05) is 12.1 Å². The van der Waals surface area contributed by atoms with Crippen molar-refractivity contribution in [3.05, 3.63) is 28.7 Å². The number of halogens is 1. The van der Waals surface area contributed by atoms with Crippen LogP contribution in [0.1, 0.15) is 13.3 Å². The van der Waals surface area contributed by atoms with Crippen molar-refractivity contribution in [3.8, 4) is 0 Å². The molecule has 0 aliphatic carbocycles. The zero-order valence-electron chi connectivity index (χ0n) is 8.46. The Labute approximate surface area is 93.0 Å². The number of Topliss-reactive ketones (excluding diaryl/α,β-unsaturated/α-hetero) is 1. The van der Waals surface area contributed by atoms with Crippen molar-refractivity contribution in [1.82, 2.24) is 0 Å². The Morgan fingerprint density at radius 1 is 1.43 bits per heavy atom. The van der Waals surface area contributed by atoms with Gasteiger partial charge in [-0.2, -0.15) is 0 Å². The molecule has 1 aromatic carbocycles. The van der Waals surface area contributed by atoms with Crippen LogP contribution in [-0.4, -0.2) is 19.4 Å². The van der Waals surface area contributed by atoms with Crippen LogP contribution in [0.15, 0.2) is 28.7 Å². The molecule has 1 aromatic rings. The first-order chi connectivity index (χ1) is 6.61. The van der Waals surface area contributed by atoms with Crippen LogP contribution in [0.3, 0.4) is 0 Å². The maximum atomic E-state index is 10.8. The first-order valence-corrected chi connectivity index (χ1v) is 5.35. The predicted octanol–water partition coefficient (Wildman–Crippen LogP) is 2.86. The minimum Gasteiger partial charge on any atom is -0.373 e. The average Bonchev–Trinajstić information content (AvgIpc) is 2.15. The summed E-state index contributed by atoms with van der Waals surface area (Å²) in [5, 5.41) is 0. The van der Waals surface area contributed by atoms with Crippen LogP contribution in [0.4, 0.5) is 5.69 Å². The molecule has 14 heavy (non-hydrogen) atoms. The van der Waals surface area contributed by atoms with Crippen LogP contribution >= 0.6 is 15.9 Å². The summed E-state index contributed by atoms with van der Waals surface area (Å²) in [6.45, 7) is 2.38. The fourth-order valence-corrected chi connectivity index (χ4v) is 1.79. The molecule has 0 heterocycles. The fraction of sp³-hybridized carbons (Fsp3) is 0.364. The molecular weight excluding hydrogens is 242 g/mol. The summed E-state index contributed by atoms with van der Waals surface area (Å²) >= 11 is 3.48. The number of ketones is 1. The summed E-state index contributed by atoms with van der Waals surface area (Å²) in [5.41, 5.74) is 1.12. The van der Waals surface area contributed by atoms with E-state index in [4.69, 9.17) is 0 Å². The monoisotopic (exact) mass is 255 g/mol. The quantitative estimate of drug-likeness (QED) is 0.825. The summed E-state index contributed by atoms with van der Waals surface area (Å²) in [4.78, 5) is 12.9. The highest BCUT2D eigenvalue weighted by Gasteiger charge is 2.04. The molecule has 0 aliphatic rings. The molecule has 0 aliphatic heterocycles. The van der Waals surface area contributed by atoms with E-state index in [1.54, 1.807) is 6.92 Å². The third-order valence-corrected chi connectivity index (χ3v) is 2.73. The van der Waals surface area contributed by atoms with E-state index in [9.17, 15) is 4.79 Å². The number of anilines is 1. The number of hydrogen-bond acceptors (Lipinski definition) is 2. The van der Waals surface area contributed by atoms with E-state index in [1.165, 1.54) is 0 Å². The maximum absolute atomic E-state index is 10.8. The maximum Gasteiger partial charge on any atom is 0.131 e. The van der Waals surface area contributed by atoms with Gasteiger partial charge in [0.1, 0.15) is 5.78 Å². The summed E-state index contributed by atoms with van der Waals surface area (Å²) in [6.07, 6.45) is 0.595. The smallest absolute Gasteiger partial charge is 0.131 e. The van der Waals surface area contributed by atoms with Crippen molar-refractivity contribution < 1.29 is 4.79 Å². The molecule has 0 aromatic heterocycles. The summed E-state index contributed by atoms with van der Waals surface area (Å²) < 4.78 is 1.06. The van der Waals surface area contributed by atoms with Gasteiger partial charge in [0.15, 0.2) is 0 Å². The molecule has 3 heteroatoms. The molecule has 0 spiro atoms. The Morgan fingerprint density at radius 3 is 2.64 bits per heavy atom. The van der Waals surface area contributed by atoms with E-state index in [1.807, 2.05) is 31.3 Å². The number of nitrogens with zero attached hydrogens (tertiary/aromatic N) is 1. The lowest BCUT2D eigenvalue weighted by molar-refractivity contribution is -0.116. The minimum atomic E-state index is 0.226. The van der Waals surface area contributed by atoms with Gasteiger partial charge >= 0.3 is 0 Å². The molecule has 0 unspecified atom stereocenters. The van der Waals surface area contributed by atoms with Crippen molar-refractivity contribution in [2.45, 2.75) is 13.3 Å². The number of benzene rings is 1. The Balaban J connectivity index is 2.65. The van der Waals surface area contributed by atoms with E-state index >= 15 is 0 Å². The number of rotatable bonds is 4. The summed E-state index contributed by atoms with van der Waals surface area (Å²) in [6, 6.07) is 8.00. The van der Waals surface area contributed by atoms with Crippen molar-refractivity contribution in [3.63, 3.8) is 0 Å². The van der Waals surface area contributed by atoms with Gasteiger partial charge in [-0.3, -0.25) is 4.79 Å². The van der Waals surface area contributed by atoms with Crippen molar-refractivity contribution >= 4 is 27.4 Å².